The molecule has 0 aliphatic carbocycles. The Hall–Kier alpha value is -6.40. The van der Waals surface area contributed by atoms with Gasteiger partial charge >= 0.3 is 0 Å². The molecule has 4 heterocycles. The van der Waals surface area contributed by atoms with Crippen LogP contribution in [-0.2, 0) is 26.2 Å². The first kappa shape index (κ1) is 84.1. The molecule has 0 saturated carbocycles. The van der Waals surface area contributed by atoms with E-state index in [9.17, 15) is 0 Å². The van der Waals surface area contributed by atoms with Gasteiger partial charge in [-0.25, -0.2) is 13.7 Å². The number of benzene rings is 4. The van der Waals surface area contributed by atoms with Gasteiger partial charge < -0.3 is 49.6 Å². The maximum atomic E-state index is 3.72. The maximum Gasteiger partial charge on any atom is 0.204 e. The van der Waals surface area contributed by atoms with Crippen LogP contribution in [0.15, 0.2) is 245 Å². The van der Waals surface area contributed by atoms with Crippen molar-refractivity contribution in [2.24, 2.45) is 0 Å². The number of hydrogen-bond donors (Lipinski definition) is 0. The molecule has 8 heteroatoms. The second kappa shape index (κ2) is 54.5. The quantitative estimate of drug-likeness (QED) is 0.0901. The minimum absolute atomic E-state index is 0. The van der Waals surface area contributed by atoms with Crippen LogP contribution in [0.3, 0.4) is 0 Å². The van der Waals surface area contributed by atoms with E-state index in [2.05, 4.69) is 274 Å². The summed E-state index contributed by atoms with van der Waals surface area (Å²) in [6, 6.07) is 62.4. The molecule has 0 N–H and O–H groups in total. The third-order valence-electron chi connectivity index (χ3n) is 14.0. The third-order valence-corrected chi connectivity index (χ3v) is 14.0. The molecule has 4 unspecified atom stereocenters. The number of pyridine rings is 4. The lowest BCUT2D eigenvalue weighted by molar-refractivity contribution is -0.702. The van der Waals surface area contributed by atoms with E-state index in [1.807, 2.05) is 97.1 Å². The summed E-state index contributed by atoms with van der Waals surface area (Å²) in [6.45, 7) is 45.4. The average molecular weight is 1220 g/mol. The van der Waals surface area contributed by atoms with Crippen LogP contribution in [0.25, 0.3) is 24.3 Å². The Kier molecular flexibility index (Phi) is 54.6. The summed E-state index contributed by atoms with van der Waals surface area (Å²) in [7, 11) is 0. The van der Waals surface area contributed by atoms with Gasteiger partial charge in [0.15, 0.2) is 42.9 Å². The zero-order valence-electron chi connectivity index (χ0n) is 53.2. The number of aryl methyl sites for hydroxylation is 4. The van der Waals surface area contributed by atoms with Crippen LogP contribution in [0.2, 0.25) is 0 Å². The van der Waals surface area contributed by atoms with Crippen molar-refractivity contribution in [3.63, 3.8) is 0 Å². The van der Waals surface area contributed by atoms with Gasteiger partial charge in [0.2, 0.25) is 5.69 Å². The number of hydrogen-bond acceptors (Lipinski definition) is 0. The summed E-state index contributed by atoms with van der Waals surface area (Å²) in [6.07, 6.45) is 24.9. The van der Waals surface area contributed by atoms with Gasteiger partial charge in [0.1, 0.15) is 26.2 Å². The predicted octanol–water partition coefficient (Wildman–Crippen LogP) is 7.36. The maximum absolute atomic E-state index is 3.72. The van der Waals surface area contributed by atoms with Crippen molar-refractivity contribution < 1.29 is 67.9 Å². The Bertz CT molecular complexity index is 2680. The van der Waals surface area contributed by atoms with Gasteiger partial charge in [-0.1, -0.05) is 227 Å². The van der Waals surface area contributed by atoms with Crippen molar-refractivity contribution in [1.29, 1.82) is 0 Å². The molecule has 8 rings (SSSR count). The first-order valence-corrected chi connectivity index (χ1v) is 29.5. The lowest BCUT2D eigenvalue weighted by Crippen LogP contribution is -3.00. The van der Waals surface area contributed by atoms with E-state index in [1.54, 1.807) is 0 Å². The van der Waals surface area contributed by atoms with E-state index in [-0.39, 0.29) is 49.6 Å². The van der Waals surface area contributed by atoms with Gasteiger partial charge in [0, 0.05) is 60.5 Å². The normalized spacial score (nSPS) is 10.6. The van der Waals surface area contributed by atoms with Crippen molar-refractivity contribution in [2.75, 3.05) is 0 Å². The Morgan fingerprint density at radius 3 is 0.893 bits per heavy atom. The van der Waals surface area contributed by atoms with Crippen LogP contribution < -0.4 is 67.9 Å². The van der Waals surface area contributed by atoms with Crippen molar-refractivity contribution in [2.45, 2.75) is 159 Å². The van der Waals surface area contributed by atoms with E-state index in [0.29, 0.717) is 23.7 Å². The second-order valence-corrected chi connectivity index (χ2v) is 19.4. The highest BCUT2D eigenvalue weighted by atomic mass is 35.5. The highest BCUT2D eigenvalue weighted by Crippen LogP contribution is 2.19. The van der Waals surface area contributed by atoms with Crippen LogP contribution >= 0.6 is 0 Å². The molecule has 8 aromatic rings. The molecule has 4 aromatic carbocycles. The van der Waals surface area contributed by atoms with E-state index in [1.165, 1.54) is 70.5 Å². The first-order chi connectivity index (χ1) is 38.9. The zero-order valence-corrected chi connectivity index (χ0v) is 56.2. The number of halogens is 4. The molecule has 0 aliphatic heterocycles. The minimum Gasteiger partial charge on any atom is -1.00 e. The van der Waals surface area contributed by atoms with Gasteiger partial charge in [0.25, 0.3) is 0 Å². The summed E-state index contributed by atoms with van der Waals surface area (Å²) in [5, 5.41) is 0. The first-order valence-electron chi connectivity index (χ1n) is 29.5. The molecule has 0 amide bonds. The summed E-state index contributed by atoms with van der Waals surface area (Å²) >= 11 is 0. The van der Waals surface area contributed by atoms with Crippen LogP contribution in [0.4, 0.5) is 0 Å². The lowest BCUT2D eigenvalue weighted by atomic mass is 9.99. The second-order valence-electron chi connectivity index (χ2n) is 19.4. The zero-order chi connectivity index (χ0) is 59.2. The standard InChI is InChI=1S/2C11H18N.2C10H14.2C9H12N.2C8H8.4ClH/c1-4-10(3)11-6-8-12(5-2)9-7-11;1-4-10(3)11-8-6-7-9-12(11)5-2;2*1-3-9(2)10-7-5-4-6-8-10;1-3-9-5-7-10(4-2)8-6-9;1-3-9-7-5-6-8-10(9)4-2;2*1-2-8-6-4-3-5-7-8;;;;/h2*6-10H,4-5H2,1-3H3;2*4-9H,3H2,1-2H3;2*3,5-8H,1,4H2,2H3;2*2-7H,1H2;4*1H/q2*+1;;;2*+1;;;;;;/p-4. The van der Waals surface area contributed by atoms with Crippen LogP contribution in [0.1, 0.15) is 177 Å². The molecular weight excluding hydrogens is 1110 g/mol. The van der Waals surface area contributed by atoms with E-state index in [0.717, 1.165) is 26.2 Å². The molecular formula is C76H104Cl4N4. The fourth-order valence-corrected chi connectivity index (χ4v) is 7.67. The van der Waals surface area contributed by atoms with Crippen LogP contribution in [-0.4, -0.2) is 0 Å². The molecule has 0 fully saturated rings. The van der Waals surface area contributed by atoms with E-state index < -0.39 is 0 Å². The molecule has 0 spiro atoms. The van der Waals surface area contributed by atoms with Crippen LogP contribution in [0.5, 0.6) is 0 Å². The van der Waals surface area contributed by atoms with Crippen molar-refractivity contribution in [3.05, 3.63) is 290 Å². The Balaban J connectivity index is -0.000000434. The molecule has 4 aromatic heterocycles. The topological polar surface area (TPSA) is 15.5 Å². The summed E-state index contributed by atoms with van der Waals surface area (Å²) in [4.78, 5) is 0. The molecule has 456 valence electrons. The highest BCUT2D eigenvalue weighted by molar-refractivity contribution is 5.46. The summed E-state index contributed by atoms with van der Waals surface area (Å²) in [5.74, 6) is 2.78. The van der Waals surface area contributed by atoms with Crippen molar-refractivity contribution in [1.82, 2.24) is 0 Å². The van der Waals surface area contributed by atoms with Gasteiger partial charge in [0.05, 0.1) is 0 Å². The summed E-state index contributed by atoms with van der Waals surface area (Å²) in [5.41, 5.74) is 10.5. The van der Waals surface area contributed by atoms with Gasteiger partial charge in [-0.15, -0.1) is 0 Å². The van der Waals surface area contributed by atoms with Gasteiger partial charge in [-0.3, -0.25) is 0 Å². The molecule has 4 atom stereocenters. The molecule has 0 bridgehead atoms. The van der Waals surface area contributed by atoms with E-state index >= 15 is 0 Å². The highest BCUT2D eigenvalue weighted by Gasteiger charge is 2.13. The molecule has 0 saturated heterocycles. The van der Waals surface area contributed by atoms with Gasteiger partial charge in [-0.2, -0.15) is 4.57 Å². The molecule has 84 heavy (non-hydrogen) atoms. The SMILES string of the molecule is C=Cc1cc[n+](CC)cc1.C=Cc1cccc[n+]1CC.C=Cc1ccccc1.C=Cc1ccccc1.CCC(C)c1cc[n+](CC)cc1.CCC(C)c1cccc[n+]1CC.CCC(C)c1ccccc1.CCC(C)c1ccccc1.[Cl-].[Cl-].[Cl-].[Cl-]. The monoisotopic (exact) mass is 1210 g/mol. The fourth-order valence-electron chi connectivity index (χ4n) is 7.67. The van der Waals surface area contributed by atoms with Crippen molar-refractivity contribution >= 4 is 24.3 Å². The predicted molar refractivity (Wildman–Crippen MR) is 350 cm³/mol. The smallest absolute Gasteiger partial charge is 0.204 e. The third kappa shape index (κ3) is 36.3. The minimum atomic E-state index is 0. The molecule has 4 nitrogen and oxygen atoms in total. The Labute approximate surface area is 537 Å². The molecule has 0 aliphatic rings. The average Bonchev–Trinajstić information content (AvgIpc) is 3.55. The number of rotatable bonds is 16. The summed E-state index contributed by atoms with van der Waals surface area (Å²) < 4.78 is 8.76. The van der Waals surface area contributed by atoms with Gasteiger partial charge in [-0.05, 0) is 111 Å². The molecule has 0 radical (unpaired) electrons. The van der Waals surface area contributed by atoms with Crippen LogP contribution in [0, 0.1) is 0 Å². The van der Waals surface area contributed by atoms with E-state index in [4.69, 9.17) is 0 Å². The Morgan fingerprint density at radius 2 is 0.595 bits per heavy atom. The number of nitrogens with zero attached hydrogens (tertiary/aromatic N) is 4. The lowest BCUT2D eigenvalue weighted by Gasteiger charge is -2.06. The fraction of sp³-hybridized carbons (Fsp3) is 0.316. The Morgan fingerprint density at radius 1 is 0.298 bits per heavy atom. The largest absolute Gasteiger partial charge is 1.00 e. The van der Waals surface area contributed by atoms with Crippen molar-refractivity contribution in [3.8, 4) is 0 Å². The number of aromatic nitrogens is 4.